The van der Waals surface area contributed by atoms with Crippen molar-refractivity contribution >= 4 is 17.7 Å². The highest BCUT2D eigenvalue weighted by Gasteiger charge is 2.18. The van der Waals surface area contributed by atoms with Gasteiger partial charge in [-0.15, -0.1) is 0 Å². The van der Waals surface area contributed by atoms with Gasteiger partial charge in [-0.2, -0.15) is 0 Å². The highest BCUT2D eigenvalue weighted by atomic mass is 32.2. The topological polar surface area (TPSA) is 76.2 Å². The zero-order valence-electron chi connectivity index (χ0n) is 27.0. The van der Waals surface area contributed by atoms with Gasteiger partial charge in [0.1, 0.15) is 23.8 Å². The van der Waals surface area contributed by atoms with Crippen molar-refractivity contribution < 1.29 is 23.0 Å². The number of carbonyl (C=O) groups is 1. The molecule has 1 aromatic heterocycles. The average molecular weight is 650 g/mol. The summed E-state index contributed by atoms with van der Waals surface area (Å²) in [4.78, 5) is 21.1. The van der Waals surface area contributed by atoms with Gasteiger partial charge in [-0.05, 0) is 78.9 Å². The lowest BCUT2D eigenvalue weighted by atomic mass is 9.97. The number of hydrogen-bond acceptors (Lipinski definition) is 5. The maximum Gasteiger partial charge on any atom is 0.224 e. The molecule has 2 unspecified atom stereocenters. The second-order valence-corrected chi connectivity index (χ2v) is 12.4. The molecule has 0 spiro atoms. The van der Waals surface area contributed by atoms with Crippen molar-refractivity contribution in [2.45, 2.75) is 75.8 Å². The molecule has 0 aliphatic carbocycles. The van der Waals surface area contributed by atoms with Gasteiger partial charge >= 0.3 is 0 Å². The molecule has 1 heterocycles. The number of aromatic nitrogens is 2. The van der Waals surface area contributed by atoms with Gasteiger partial charge in [0, 0.05) is 36.3 Å². The van der Waals surface area contributed by atoms with Crippen LogP contribution in [0.1, 0.15) is 56.6 Å². The smallest absolute Gasteiger partial charge is 0.224 e. The molecule has 2 atom stereocenters. The second-order valence-electron chi connectivity index (χ2n) is 11.4. The van der Waals surface area contributed by atoms with Crippen molar-refractivity contribution in [1.82, 2.24) is 15.3 Å². The van der Waals surface area contributed by atoms with Crippen LogP contribution >= 0.6 is 11.8 Å². The molecule has 0 aliphatic rings. The van der Waals surface area contributed by atoms with Crippen LogP contribution in [0, 0.1) is 0 Å². The summed E-state index contributed by atoms with van der Waals surface area (Å²) in [6.45, 7) is 2.48. The van der Waals surface area contributed by atoms with E-state index in [2.05, 4.69) is 10.3 Å². The third kappa shape index (κ3) is 10.6. The number of halogens is 2. The lowest BCUT2D eigenvalue weighted by Crippen LogP contribution is -2.26. The molecule has 0 aliphatic heterocycles. The molecule has 0 radical (unpaired) electrons. The number of carbonyl (C=O) groups excluding carboxylic acids is 1. The largest absolute Gasteiger partial charge is 0.497 e. The summed E-state index contributed by atoms with van der Waals surface area (Å²) < 4.78 is 39.0. The minimum Gasteiger partial charge on any atom is -0.497 e. The number of nitrogens with one attached hydrogen (secondary N) is 2. The number of ether oxygens (including phenoxy) is 2. The first-order valence-electron chi connectivity index (χ1n) is 16.0. The van der Waals surface area contributed by atoms with E-state index >= 15 is 0 Å². The predicted molar refractivity (Wildman–Crippen MR) is 183 cm³/mol. The van der Waals surface area contributed by atoms with Gasteiger partial charge in [0.25, 0.3) is 0 Å². The number of benzene rings is 3. The standard InChI is InChI=1S/C37H45F2N3O3S/c1-4-10-30(38)25-31(39)23-28-11-6-7-12-29(28)24-34(43)40-21-8-5-9-22-46-37-41-35(26-13-17-32(44-2)18-14-26)36(42-37)27-15-19-33(45-3)20-16-27/h6-7,11-20,30-31H,4-5,8-10,21-25H2,1-3H3,(H,40,43)(H,41,42). The number of aromatic amines is 1. The Morgan fingerprint density at radius 2 is 1.52 bits per heavy atom. The van der Waals surface area contributed by atoms with Gasteiger partial charge in [-0.1, -0.05) is 55.8 Å². The Morgan fingerprint density at radius 3 is 2.17 bits per heavy atom. The van der Waals surface area contributed by atoms with E-state index in [1.165, 1.54) is 0 Å². The maximum atomic E-state index is 14.5. The molecule has 1 amide bonds. The number of thioether (sulfide) groups is 1. The van der Waals surface area contributed by atoms with Crippen LogP contribution in [0.3, 0.4) is 0 Å². The van der Waals surface area contributed by atoms with Crippen molar-refractivity contribution in [3.8, 4) is 34.0 Å². The normalized spacial score (nSPS) is 12.5. The number of H-pyrrole nitrogens is 1. The van der Waals surface area contributed by atoms with Crippen LogP contribution in [0.15, 0.2) is 78.0 Å². The molecule has 0 bridgehead atoms. The zero-order chi connectivity index (χ0) is 32.7. The first-order chi connectivity index (χ1) is 22.4. The summed E-state index contributed by atoms with van der Waals surface area (Å²) in [5.41, 5.74) is 5.42. The number of amides is 1. The Bertz CT molecular complexity index is 1430. The first-order valence-corrected chi connectivity index (χ1v) is 17.0. The Balaban J connectivity index is 1.23. The molecule has 0 fully saturated rings. The fourth-order valence-corrected chi connectivity index (χ4v) is 6.21. The summed E-state index contributed by atoms with van der Waals surface area (Å²) in [6.07, 6.45) is 1.73. The number of rotatable bonds is 19. The first kappa shape index (κ1) is 35.0. The highest BCUT2D eigenvalue weighted by molar-refractivity contribution is 7.99. The fraction of sp³-hybridized carbons (Fsp3) is 0.405. The fourth-order valence-electron chi connectivity index (χ4n) is 5.34. The summed E-state index contributed by atoms with van der Waals surface area (Å²) in [5.74, 6) is 2.40. The average Bonchev–Trinajstić information content (AvgIpc) is 3.49. The van der Waals surface area contributed by atoms with Crippen LogP contribution in [0.5, 0.6) is 11.5 Å². The molecular formula is C37H45F2N3O3S. The van der Waals surface area contributed by atoms with Crippen molar-refractivity contribution in [3.05, 3.63) is 83.9 Å². The summed E-state index contributed by atoms with van der Waals surface area (Å²) in [5, 5.41) is 3.85. The van der Waals surface area contributed by atoms with Crippen molar-refractivity contribution in [2.75, 3.05) is 26.5 Å². The van der Waals surface area contributed by atoms with E-state index in [1.54, 1.807) is 26.0 Å². The molecular weight excluding hydrogens is 604 g/mol. The Labute approximate surface area is 275 Å². The van der Waals surface area contributed by atoms with E-state index in [0.29, 0.717) is 19.4 Å². The molecule has 2 N–H and O–H groups in total. The van der Waals surface area contributed by atoms with Gasteiger partial charge in [0.2, 0.25) is 5.91 Å². The van der Waals surface area contributed by atoms with E-state index in [1.807, 2.05) is 79.7 Å². The lowest BCUT2D eigenvalue weighted by Gasteiger charge is -2.14. The van der Waals surface area contributed by atoms with Crippen LogP contribution < -0.4 is 14.8 Å². The Morgan fingerprint density at radius 1 is 0.870 bits per heavy atom. The number of nitrogens with zero attached hydrogens (tertiary/aromatic N) is 1. The van der Waals surface area contributed by atoms with E-state index < -0.39 is 12.3 Å². The van der Waals surface area contributed by atoms with Gasteiger partial charge in [-0.3, -0.25) is 4.79 Å². The molecule has 46 heavy (non-hydrogen) atoms. The van der Waals surface area contributed by atoms with Crippen LogP contribution in [0.25, 0.3) is 22.5 Å². The number of imidazole rings is 1. The highest BCUT2D eigenvalue weighted by Crippen LogP contribution is 2.34. The van der Waals surface area contributed by atoms with Gasteiger partial charge < -0.3 is 19.8 Å². The van der Waals surface area contributed by atoms with Crippen molar-refractivity contribution in [1.29, 1.82) is 0 Å². The van der Waals surface area contributed by atoms with E-state index in [4.69, 9.17) is 14.5 Å². The Hall–Kier alpha value is -3.85. The van der Waals surface area contributed by atoms with Crippen molar-refractivity contribution in [2.24, 2.45) is 0 Å². The molecule has 3 aromatic carbocycles. The predicted octanol–water partition coefficient (Wildman–Crippen LogP) is 8.79. The lowest BCUT2D eigenvalue weighted by molar-refractivity contribution is -0.120. The summed E-state index contributed by atoms with van der Waals surface area (Å²) >= 11 is 1.68. The monoisotopic (exact) mass is 649 g/mol. The molecule has 0 saturated heterocycles. The second kappa shape index (κ2) is 18.3. The van der Waals surface area contributed by atoms with Crippen LogP contribution in [0.4, 0.5) is 8.78 Å². The van der Waals surface area contributed by atoms with E-state index in [9.17, 15) is 13.6 Å². The number of hydrogen-bond donors (Lipinski definition) is 2. The summed E-state index contributed by atoms with van der Waals surface area (Å²) in [6, 6.07) is 23.2. The van der Waals surface area contributed by atoms with Gasteiger partial charge in [-0.25, -0.2) is 13.8 Å². The van der Waals surface area contributed by atoms with Crippen molar-refractivity contribution in [3.63, 3.8) is 0 Å². The third-order valence-electron chi connectivity index (χ3n) is 7.83. The molecule has 4 rings (SSSR count). The SMILES string of the molecule is CCCC(F)CC(F)Cc1ccccc1CC(=O)NCCCCCSc1nc(-c2ccc(OC)cc2)c(-c2ccc(OC)cc2)[nH]1. The van der Waals surface area contributed by atoms with E-state index in [-0.39, 0.29) is 25.2 Å². The molecule has 4 aromatic rings. The molecule has 6 nitrogen and oxygen atoms in total. The zero-order valence-corrected chi connectivity index (χ0v) is 27.8. The summed E-state index contributed by atoms with van der Waals surface area (Å²) in [7, 11) is 3.31. The number of methoxy groups -OCH3 is 2. The quantitative estimate of drug-likeness (QED) is 0.0785. The minimum absolute atomic E-state index is 0.0840. The third-order valence-corrected chi connectivity index (χ3v) is 8.79. The minimum atomic E-state index is -1.26. The van der Waals surface area contributed by atoms with E-state index in [0.717, 1.165) is 75.3 Å². The molecule has 0 saturated carbocycles. The molecule has 9 heteroatoms. The van der Waals surface area contributed by atoms with Gasteiger partial charge in [0.05, 0.1) is 32.0 Å². The maximum absolute atomic E-state index is 14.5. The number of alkyl halides is 2. The number of unbranched alkanes of at least 4 members (excludes halogenated alkanes) is 2. The van der Waals surface area contributed by atoms with Crippen LogP contribution in [-0.2, 0) is 17.6 Å². The molecule has 246 valence electrons. The Kier molecular flexibility index (Phi) is 14.0. The van der Waals surface area contributed by atoms with Crippen LogP contribution in [0.2, 0.25) is 0 Å². The van der Waals surface area contributed by atoms with Gasteiger partial charge in [0.15, 0.2) is 5.16 Å². The van der Waals surface area contributed by atoms with Crippen LogP contribution in [-0.4, -0.2) is 54.7 Å².